The third kappa shape index (κ3) is 2.86. The molecule has 0 atom stereocenters. The van der Waals surface area contributed by atoms with Gasteiger partial charge in [0.15, 0.2) is 0 Å². The Morgan fingerprint density at radius 1 is 1.33 bits per heavy atom. The second-order valence-electron chi connectivity index (χ2n) is 4.60. The highest BCUT2D eigenvalue weighted by molar-refractivity contribution is 7.09. The average molecular weight is 295 g/mol. The summed E-state index contributed by atoms with van der Waals surface area (Å²) in [5.41, 5.74) is 4.25. The van der Waals surface area contributed by atoms with E-state index >= 15 is 0 Å². The first kappa shape index (κ1) is 13.5. The van der Waals surface area contributed by atoms with Gasteiger partial charge in [0.1, 0.15) is 6.07 Å². The van der Waals surface area contributed by atoms with Gasteiger partial charge in [0.25, 0.3) is 0 Å². The molecule has 0 aliphatic carbocycles. The van der Waals surface area contributed by atoms with E-state index in [1.54, 1.807) is 17.4 Å². The van der Waals surface area contributed by atoms with Crippen LogP contribution in [-0.2, 0) is 6.42 Å². The molecule has 0 aliphatic heterocycles. The molecule has 1 aromatic carbocycles. The third-order valence-electron chi connectivity index (χ3n) is 3.24. The molecule has 0 amide bonds. The van der Waals surface area contributed by atoms with Gasteiger partial charge in [-0.15, -0.1) is 11.3 Å². The molecule has 3 aromatic rings. The number of ether oxygens (including phenoxy) is 1. The quantitative estimate of drug-likeness (QED) is 0.739. The van der Waals surface area contributed by atoms with Crippen LogP contribution in [-0.4, -0.2) is 16.6 Å². The van der Waals surface area contributed by atoms with Crippen molar-refractivity contribution in [2.45, 2.75) is 13.3 Å². The second-order valence-corrected chi connectivity index (χ2v) is 5.54. The molecule has 0 fully saturated rings. The van der Waals surface area contributed by atoms with Crippen molar-refractivity contribution in [2.24, 2.45) is 0 Å². The lowest BCUT2D eigenvalue weighted by Gasteiger charge is -2.07. The SMILES string of the molecule is Cc1ncsc1CCOc1cc(C#N)c2ccccc2n1. The fourth-order valence-electron chi connectivity index (χ4n) is 2.13. The van der Waals surface area contributed by atoms with E-state index in [1.165, 1.54) is 4.88 Å². The Morgan fingerprint density at radius 3 is 2.95 bits per heavy atom. The summed E-state index contributed by atoms with van der Waals surface area (Å²) in [4.78, 5) is 9.87. The van der Waals surface area contributed by atoms with Crippen molar-refractivity contribution in [1.29, 1.82) is 5.26 Å². The monoisotopic (exact) mass is 295 g/mol. The normalized spacial score (nSPS) is 10.5. The predicted octanol–water partition coefficient (Wildman–Crippen LogP) is 3.49. The molecule has 2 aromatic heterocycles. The topological polar surface area (TPSA) is 58.8 Å². The molecule has 104 valence electrons. The van der Waals surface area contributed by atoms with Gasteiger partial charge in [-0.05, 0) is 13.0 Å². The van der Waals surface area contributed by atoms with Gasteiger partial charge in [-0.1, -0.05) is 18.2 Å². The second kappa shape index (κ2) is 5.90. The smallest absolute Gasteiger partial charge is 0.215 e. The summed E-state index contributed by atoms with van der Waals surface area (Å²) < 4.78 is 5.70. The van der Waals surface area contributed by atoms with E-state index in [4.69, 9.17) is 4.74 Å². The lowest BCUT2D eigenvalue weighted by molar-refractivity contribution is 0.311. The molecule has 21 heavy (non-hydrogen) atoms. The molecule has 0 saturated carbocycles. The summed E-state index contributed by atoms with van der Waals surface area (Å²) in [6.45, 7) is 2.52. The minimum Gasteiger partial charge on any atom is -0.477 e. The number of fused-ring (bicyclic) bond motifs is 1. The number of hydrogen-bond acceptors (Lipinski definition) is 5. The Labute approximate surface area is 126 Å². The minimum absolute atomic E-state index is 0.493. The van der Waals surface area contributed by atoms with E-state index in [0.29, 0.717) is 18.1 Å². The van der Waals surface area contributed by atoms with Gasteiger partial charge in [0.2, 0.25) is 5.88 Å². The summed E-state index contributed by atoms with van der Waals surface area (Å²) in [6, 6.07) is 11.5. The fraction of sp³-hybridized carbons (Fsp3) is 0.188. The van der Waals surface area contributed by atoms with Gasteiger partial charge < -0.3 is 4.74 Å². The molecule has 0 saturated heterocycles. The number of aryl methyl sites for hydroxylation is 1. The molecular formula is C16H13N3OS. The number of aromatic nitrogens is 2. The maximum Gasteiger partial charge on any atom is 0.215 e. The lowest BCUT2D eigenvalue weighted by atomic mass is 10.1. The standard InChI is InChI=1S/C16H13N3OS/c1-11-15(21-10-18-11)6-7-20-16-8-12(9-17)13-4-2-3-5-14(13)19-16/h2-5,8,10H,6-7H2,1H3. The van der Waals surface area contributed by atoms with Crippen LogP contribution < -0.4 is 4.74 Å². The van der Waals surface area contributed by atoms with Crippen LogP contribution in [0.4, 0.5) is 0 Å². The van der Waals surface area contributed by atoms with Crippen LogP contribution in [0.5, 0.6) is 5.88 Å². The highest BCUT2D eigenvalue weighted by Crippen LogP contribution is 2.21. The number of nitriles is 1. The average Bonchev–Trinajstić information content (AvgIpc) is 2.92. The third-order valence-corrected chi connectivity index (χ3v) is 4.23. The Morgan fingerprint density at radius 2 is 2.19 bits per heavy atom. The van der Waals surface area contributed by atoms with Crippen molar-refractivity contribution in [3.05, 3.63) is 52.0 Å². The summed E-state index contributed by atoms with van der Waals surface area (Å²) in [5, 5.41) is 10.1. The van der Waals surface area contributed by atoms with Gasteiger partial charge in [-0.2, -0.15) is 5.26 Å². The summed E-state index contributed by atoms with van der Waals surface area (Å²) in [6.07, 6.45) is 0.799. The fourth-order valence-corrected chi connectivity index (χ4v) is 2.89. The molecule has 0 aliphatic rings. The summed E-state index contributed by atoms with van der Waals surface area (Å²) in [7, 11) is 0. The molecule has 0 bridgehead atoms. The summed E-state index contributed by atoms with van der Waals surface area (Å²) in [5.74, 6) is 0.493. The minimum atomic E-state index is 0.493. The van der Waals surface area contributed by atoms with Gasteiger partial charge in [0, 0.05) is 22.8 Å². The highest BCUT2D eigenvalue weighted by Gasteiger charge is 2.07. The van der Waals surface area contributed by atoms with Crippen LogP contribution in [0.25, 0.3) is 10.9 Å². The Bertz CT molecular complexity index is 820. The van der Waals surface area contributed by atoms with Crippen LogP contribution in [0.3, 0.4) is 0 Å². The van der Waals surface area contributed by atoms with Crippen molar-refractivity contribution in [2.75, 3.05) is 6.61 Å². The molecule has 0 radical (unpaired) electrons. The molecule has 0 unspecified atom stereocenters. The largest absolute Gasteiger partial charge is 0.477 e. The molecule has 3 rings (SSSR count). The molecular weight excluding hydrogens is 282 g/mol. The van der Waals surface area contributed by atoms with Gasteiger partial charge in [-0.25, -0.2) is 9.97 Å². The lowest BCUT2D eigenvalue weighted by Crippen LogP contribution is -2.03. The van der Waals surface area contributed by atoms with Crippen LogP contribution in [0.15, 0.2) is 35.8 Å². The van der Waals surface area contributed by atoms with Crippen molar-refractivity contribution < 1.29 is 4.74 Å². The van der Waals surface area contributed by atoms with E-state index in [2.05, 4.69) is 16.0 Å². The van der Waals surface area contributed by atoms with Gasteiger partial charge >= 0.3 is 0 Å². The first-order chi connectivity index (χ1) is 10.3. The zero-order chi connectivity index (χ0) is 14.7. The first-order valence-electron chi connectivity index (χ1n) is 6.59. The van der Waals surface area contributed by atoms with Crippen molar-refractivity contribution in [3.8, 4) is 11.9 Å². The van der Waals surface area contributed by atoms with Crippen LogP contribution in [0.2, 0.25) is 0 Å². The zero-order valence-electron chi connectivity index (χ0n) is 11.5. The zero-order valence-corrected chi connectivity index (χ0v) is 12.4. The summed E-state index contributed by atoms with van der Waals surface area (Å²) >= 11 is 1.63. The van der Waals surface area contributed by atoms with E-state index < -0.39 is 0 Å². The Balaban J connectivity index is 1.78. The Hall–Kier alpha value is -2.45. The van der Waals surface area contributed by atoms with Crippen molar-refractivity contribution in [1.82, 2.24) is 9.97 Å². The van der Waals surface area contributed by atoms with Crippen LogP contribution in [0.1, 0.15) is 16.1 Å². The molecule has 0 N–H and O–H groups in total. The maximum atomic E-state index is 9.23. The molecule has 4 nitrogen and oxygen atoms in total. The number of nitrogens with zero attached hydrogens (tertiary/aromatic N) is 3. The number of para-hydroxylation sites is 1. The molecule has 0 spiro atoms. The predicted molar refractivity (Wildman–Crippen MR) is 82.5 cm³/mol. The molecule has 2 heterocycles. The van der Waals surface area contributed by atoms with Crippen molar-refractivity contribution in [3.63, 3.8) is 0 Å². The van der Waals surface area contributed by atoms with Gasteiger partial charge in [-0.3, -0.25) is 0 Å². The number of rotatable bonds is 4. The van der Waals surface area contributed by atoms with E-state index in [9.17, 15) is 5.26 Å². The number of pyridine rings is 1. The number of thiazole rings is 1. The van der Waals surface area contributed by atoms with E-state index in [0.717, 1.165) is 23.0 Å². The van der Waals surface area contributed by atoms with Crippen molar-refractivity contribution >= 4 is 22.2 Å². The first-order valence-corrected chi connectivity index (χ1v) is 7.47. The number of hydrogen-bond donors (Lipinski definition) is 0. The highest BCUT2D eigenvalue weighted by atomic mass is 32.1. The van der Waals surface area contributed by atoms with Crippen LogP contribution in [0, 0.1) is 18.3 Å². The van der Waals surface area contributed by atoms with Crippen LogP contribution >= 0.6 is 11.3 Å². The van der Waals surface area contributed by atoms with Gasteiger partial charge in [0.05, 0.1) is 28.9 Å². The van der Waals surface area contributed by atoms with E-state index in [1.807, 2.05) is 36.7 Å². The molecule has 5 heteroatoms. The maximum absolute atomic E-state index is 9.23. The Kier molecular flexibility index (Phi) is 3.80. The number of benzene rings is 1. The van der Waals surface area contributed by atoms with E-state index in [-0.39, 0.29) is 0 Å².